The quantitative estimate of drug-likeness (QED) is 0.730. The molecule has 1 heterocycles. The first-order chi connectivity index (χ1) is 8.02. The number of primary amides is 1. The molecule has 0 aromatic rings. The van der Waals surface area contributed by atoms with Crippen LogP contribution >= 0.6 is 0 Å². The minimum Gasteiger partial charge on any atom is -0.370 e. The Bertz CT molecular complexity index is 339. The van der Waals surface area contributed by atoms with E-state index in [0.29, 0.717) is 12.8 Å². The molecule has 17 heavy (non-hydrogen) atoms. The zero-order valence-electron chi connectivity index (χ0n) is 9.91. The molecule has 2 N–H and O–H groups in total. The first-order valence-corrected chi connectivity index (χ1v) is 6.14. The monoisotopic (exact) mass is 238 g/mol. The predicted octanol–water partition coefficient (Wildman–Crippen LogP) is 0.571. The average molecular weight is 238 g/mol. The summed E-state index contributed by atoms with van der Waals surface area (Å²) in [6, 6.07) is 0. The van der Waals surface area contributed by atoms with Gasteiger partial charge >= 0.3 is 0 Å². The summed E-state index contributed by atoms with van der Waals surface area (Å²) in [5.74, 6) is -0.749. The Morgan fingerprint density at radius 1 is 1.18 bits per heavy atom. The number of hydrogen-bond acceptors (Lipinski definition) is 3. The lowest BCUT2D eigenvalue weighted by molar-refractivity contribution is -0.153. The standard InChI is InChI=1S/C12H18N2O3/c13-9(15)3-6-14-10(16)7-12(8-11(14)17)4-1-2-5-12/h1-8H2,(H2,13,15). The number of carbonyl (C=O) groups is 3. The summed E-state index contributed by atoms with van der Waals surface area (Å²) in [6.45, 7) is 0.142. The molecule has 94 valence electrons. The zero-order chi connectivity index (χ0) is 12.5. The van der Waals surface area contributed by atoms with Crippen molar-refractivity contribution in [3.8, 4) is 0 Å². The maximum absolute atomic E-state index is 11.9. The van der Waals surface area contributed by atoms with Crippen LogP contribution in [0.4, 0.5) is 0 Å². The first-order valence-electron chi connectivity index (χ1n) is 6.14. The fraction of sp³-hybridized carbons (Fsp3) is 0.750. The van der Waals surface area contributed by atoms with Crippen LogP contribution in [0.15, 0.2) is 0 Å². The first kappa shape index (κ1) is 12.1. The Labute approximate surface area is 100 Å². The lowest BCUT2D eigenvalue weighted by atomic mass is 9.76. The Balaban J connectivity index is 2.01. The molecule has 0 aromatic heterocycles. The van der Waals surface area contributed by atoms with Crippen LogP contribution in [-0.2, 0) is 14.4 Å². The Kier molecular flexibility index (Phi) is 3.17. The molecule has 5 nitrogen and oxygen atoms in total. The third-order valence-electron chi connectivity index (χ3n) is 3.90. The largest absolute Gasteiger partial charge is 0.370 e. The molecule has 0 radical (unpaired) electrons. The number of carbonyl (C=O) groups excluding carboxylic acids is 3. The van der Waals surface area contributed by atoms with Crippen LogP contribution in [0, 0.1) is 5.41 Å². The summed E-state index contributed by atoms with van der Waals surface area (Å²) in [5.41, 5.74) is 4.96. The third-order valence-corrected chi connectivity index (χ3v) is 3.90. The fourth-order valence-electron chi connectivity index (χ4n) is 2.98. The van der Waals surface area contributed by atoms with Gasteiger partial charge in [-0.15, -0.1) is 0 Å². The average Bonchev–Trinajstić information content (AvgIpc) is 2.64. The highest BCUT2D eigenvalue weighted by atomic mass is 16.2. The van der Waals surface area contributed by atoms with Crippen LogP contribution < -0.4 is 5.73 Å². The van der Waals surface area contributed by atoms with Crippen molar-refractivity contribution in [1.82, 2.24) is 4.90 Å². The molecule has 1 saturated heterocycles. The normalized spacial score (nSPS) is 23.4. The maximum atomic E-state index is 11.9. The second-order valence-corrected chi connectivity index (χ2v) is 5.22. The van der Waals surface area contributed by atoms with Crippen LogP contribution in [0.5, 0.6) is 0 Å². The van der Waals surface area contributed by atoms with Gasteiger partial charge in [0.15, 0.2) is 0 Å². The van der Waals surface area contributed by atoms with Gasteiger partial charge in [0.05, 0.1) is 0 Å². The van der Waals surface area contributed by atoms with E-state index in [0.717, 1.165) is 25.7 Å². The number of nitrogens with two attached hydrogens (primary N) is 1. The summed E-state index contributed by atoms with van der Waals surface area (Å²) >= 11 is 0. The summed E-state index contributed by atoms with van der Waals surface area (Å²) in [4.78, 5) is 35.7. The van der Waals surface area contributed by atoms with Crippen molar-refractivity contribution in [2.75, 3.05) is 6.54 Å². The van der Waals surface area contributed by atoms with E-state index in [-0.39, 0.29) is 30.2 Å². The van der Waals surface area contributed by atoms with Crippen molar-refractivity contribution in [3.05, 3.63) is 0 Å². The molecule has 0 atom stereocenters. The minimum absolute atomic E-state index is 0.0600. The summed E-state index contributed by atoms with van der Waals surface area (Å²) in [6.07, 6.45) is 5.16. The van der Waals surface area contributed by atoms with Crippen molar-refractivity contribution in [2.24, 2.45) is 11.1 Å². The molecule has 2 fully saturated rings. The molecular formula is C12H18N2O3. The van der Waals surface area contributed by atoms with E-state index in [4.69, 9.17) is 5.73 Å². The molecule has 5 heteroatoms. The van der Waals surface area contributed by atoms with Gasteiger partial charge in [0, 0.05) is 25.8 Å². The van der Waals surface area contributed by atoms with Gasteiger partial charge in [0.2, 0.25) is 17.7 Å². The molecule has 0 aromatic carbocycles. The Hall–Kier alpha value is -1.39. The number of nitrogens with zero attached hydrogens (tertiary/aromatic N) is 1. The van der Waals surface area contributed by atoms with Gasteiger partial charge in [-0.25, -0.2) is 0 Å². The summed E-state index contributed by atoms with van der Waals surface area (Å²) < 4.78 is 0. The van der Waals surface area contributed by atoms with Crippen LogP contribution in [0.2, 0.25) is 0 Å². The summed E-state index contributed by atoms with van der Waals surface area (Å²) in [7, 11) is 0. The van der Waals surface area contributed by atoms with E-state index < -0.39 is 5.91 Å². The number of amides is 3. The third kappa shape index (κ3) is 2.48. The van der Waals surface area contributed by atoms with E-state index in [1.165, 1.54) is 4.90 Å². The van der Waals surface area contributed by atoms with E-state index in [1.54, 1.807) is 0 Å². The highest BCUT2D eigenvalue weighted by molar-refractivity contribution is 5.98. The minimum atomic E-state index is -0.480. The van der Waals surface area contributed by atoms with Crippen LogP contribution in [0.3, 0.4) is 0 Å². The van der Waals surface area contributed by atoms with E-state index >= 15 is 0 Å². The van der Waals surface area contributed by atoms with E-state index in [9.17, 15) is 14.4 Å². The number of likely N-dealkylation sites (tertiary alicyclic amines) is 1. The predicted molar refractivity (Wildman–Crippen MR) is 60.7 cm³/mol. The van der Waals surface area contributed by atoms with Crippen molar-refractivity contribution >= 4 is 17.7 Å². The van der Waals surface area contributed by atoms with Gasteiger partial charge in [0.1, 0.15) is 0 Å². The molecule has 2 aliphatic rings. The molecule has 3 amide bonds. The van der Waals surface area contributed by atoms with Crippen molar-refractivity contribution in [1.29, 1.82) is 0 Å². The van der Waals surface area contributed by atoms with E-state index in [1.807, 2.05) is 0 Å². The van der Waals surface area contributed by atoms with Gasteiger partial charge < -0.3 is 5.73 Å². The van der Waals surface area contributed by atoms with Gasteiger partial charge in [-0.05, 0) is 18.3 Å². The number of imide groups is 1. The molecule has 0 unspecified atom stereocenters. The topological polar surface area (TPSA) is 80.5 Å². The summed E-state index contributed by atoms with van der Waals surface area (Å²) in [5, 5.41) is 0. The fourth-order valence-corrected chi connectivity index (χ4v) is 2.98. The van der Waals surface area contributed by atoms with E-state index in [2.05, 4.69) is 0 Å². The van der Waals surface area contributed by atoms with Crippen molar-refractivity contribution < 1.29 is 14.4 Å². The smallest absolute Gasteiger partial charge is 0.229 e. The van der Waals surface area contributed by atoms with Crippen LogP contribution in [0.25, 0.3) is 0 Å². The Morgan fingerprint density at radius 2 is 1.71 bits per heavy atom. The lowest BCUT2D eigenvalue weighted by Gasteiger charge is -2.37. The second-order valence-electron chi connectivity index (χ2n) is 5.22. The second kappa shape index (κ2) is 4.47. The molecule has 1 aliphatic heterocycles. The van der Waals surface area contributed by atoms with Gasteiger partial charge in [-0.2, -0.15) is 0 Å². The van der Waals surface area contributed by atoms with Crippen LogP contribution in [0.1, 0.15) is 44.9 Å². The molecule has 1 spiro atoms. The van der Waals surface area contributed by atoms with Crippen LogP contribution in [-0.4, -0.2) is 29.2 Å². The number of piperidine rings is 1. The molecule has 2 rings (SSSR count). The van der Waals surface area contributed by atoms with Crippen molar-refractivity contribution in [2.45, 2.75) is 44.9 Å². The number of hydrogen-bond donors (Lipinski definition) is 1. The molecule has 1 saturated carbocycles. The van der Waals surface area contributed by atoms with Gasteiger partial charge in [-0.3, -0.25) is 19.3 Å². The SMILES string of the molecule is NC(=O)CCN1C(=O)CC2(CCCC2)CC1=O. The molecule has 0 bridgehead atoms. The lowest BCUT2D eigenvalue weighted by Crippen LogP contribution is -2.48. The maximum Gasteiger partial charge on any atom is 0.229 e. The van der Waals surface area contributed by atoms with Crippen molar-refractivity contribution in [3.63, 3.8) is 0 Å². The number of rotatable bonds is 3. The molecule has 1 aliphatic carbocycles. The van der Waals surface area contributed by atoms with Gasteiger partial charge in [0.25, 0.3) is 0 Å². The highest BCUT2D eigenvalue weighted by Gasteiger charge is 2.44. The molecular weight excluding hydrogens is 220 g/mol. The van der Waals surface area contributed by atoms with Gasteiger partial charge in [-0.1, -0.05) is 12.8 Å². The Morgan fingerprint density at radius 3 is 2.18 bits per heavy atom. The highest BCUT2D eigenvalue weighted by Crippen LogP contribution is 2.46. The zero-order valence-corrected chi connectivity index (χ0v) is 9.91.